The van der Waals surface area contributed by atoms with E-state index in [4.69, 9.17) is 27.9 Å². The third kappa shape index (κ3) is 5.49. The van der Waals surface area contributed by atoms with Crippen LogP contribution in [-0.4, -0.2) is 62.1 Å². The molecule has 2 atom stereocenters. The van der Waals surface area contributed by atoms with Gasteiger partial charge in [-0.2, -0.15) is 0 Å². The summed E-state index contributed by atoms with van der Waals surface area (Å²) in [6, 6.07) is 12.8. The number of hydrogen-bond donors (Lipinski definition) is 2. The summed E-state index contributed by atoms with van der Waals surface area (Å²) in [6.07, 6.45) is 3.58. The molecule has 2 amide bonds. The number of hydrogen-bond acceptors (Lipinski definition) is 6. The van der Waals surface area contributed by atoms with Crippen LogP contribution in [0.25, 0.3) is 0 Å². The summed E-state index contributed by atoms with van der Waals surface area (Å²) >= 11 is 12.3. The smallest absolute Gasteiger partial charge is 0.257 e. The van der Waals surface area contributed by atoms with Gasteiger partial charge in [-0.1, -0.05) is 35.3 Å². The van der Waals surface area contributed by atoms with Crippen molar-refractivity contribution in [3.63, 3.8) is 0 Å². The Kier molecular flexibility index (Phi) is 7.99. The maximum atomic E-state index is 16.7. The van der Waals surface area contributed by atoms with Crippen LogP contribution in [-0.2, 0) is 27.4 Å². The summed E-state index contributed by atoms with van der Waals surface area (Å²) in [5.74, 6) is -1.53. The maximum absolute atomic E-state index is 16.7. The number of pyridine rings is 1. The minimum absolute atomic E-state index is 0.00557. The van der Waals surface area contributed by atoms with Crippen LogP contribution in [0.2, 0.25) is 10.0 Å². The number of carbonyl (C=O) groups is 2. The molecule has 44 heavy (non-hydrogen) atoms. The van der Waals surface area contributed by atoms with Gasteiger partial charge >= 0.3 is 0 Å². The third-order valence-electron chi connectivity index (χ3n) is 9.33. The maximum Gasteiger partial charge on any atom is 0.257 e. The number of carbonyl (C=O) groups excluding carboxylic acids is 2. The van der Waals surface area contributed by atoms with E-state index in [9.17, 15) is 19.8 Å². The first-order chi connectivity index (χ1) is 20.8. The Hall–Kier alpha value is -3.08. The molecular formula is C33H34Cl2FN3O5. The topological polar surface area (TPSA) is 103 Å². The van der Waals surface area contributed by atoms with Gasteiger partial charge < -0.3 is 19.8 Å². The Labute approximate surface area is 265 Å². The van der Waals surface area contributed by atoms with Gasteiger partial charge in [-0.15, -0.1) is 0 Å². The van der Waals surface area contributed by atoms with Crippen molar-refractivity contribution in [3.05, 3.63) is 98.5 Å². The van der Waals surface area contributed by atoms with Crippen molar-refractivity contribution in [1.82, 2.24) is 14.8 Å². The average molecular weight is 643 g/mol. The van der Waals surface area contributed by atoms with E-state index in [0.29, 0.717) is 60.1 Å². The normalized spacial score (nSPS) is 22.6. The number of piperidine rings is 1. The molecule has 3 aliphatic rings. The molecule has 2 fully saturated rings. The van der Waals surface area contributed by atoms with Gasteiger partial charge in [0.2, 0.25) is 5.91 Å². The van der Waals surface area contributed by atoms with Crippen LogP contribution < -0.4 is 0 Å². The largest absolute Gasteiger partial charge is 0.387 e. The lowest BCUT2D eigenvalue weighted by Crippen LogP contribution is -2.48. The highest BCUT2D eigenvalue weighted by molar-refractivity contribution is 6.30. The van der Waals surface area contributed by atoms with Crippen LogP contribution in [0.3, 0.4) is 0 Å². The van der Waals surface area contributed by atoms with Crippen LogP contribution in [0.15, 0.2) is 54.7 Å². The van der Waals surface area contributed by atoms with Crippen LogP contribution >= 0.6 is 23.2 Å². The molecule has 6 rings (SSSR count). The highest BCUT2D eigenvalue weighted by Gasteiger charge is 2.57. The molecule has 0 bridgehead atoms. The number of ether oxygens (including phenoxy) is 1. The molecule has 1 aliphatic carbocycles. The molecule has 1 saturated heterocycles. The van der Waals surface area contributed by atoms with Crippen molar-refractivity contribution in [2.45, 2.75) is 63.0 Å². The second-order valence-electron chi connectivity index (χ2n) is 12.3. The predicted octanol–water partition coefficient (Wildman–Crippen LogP) is 5.39. The van der Waals surface area contributed by atoms with E-state index in [0.717, 1.165) is 0 Å². The van der Waals surface area contributed by atoms with Crippen LogP contribution in [0.5, 0.6) is 0 Å². The summed E-state index contributed by atoms with van der Waals surface area (Å²) in [6.45, 7) is 3.92. The molecule has 2 aromatic carbocycles. The second-order valence-corrected chi connectivity index (χ2v) is 13.2. The minimum Gasteiger partial charge on any atom is -0.387 e. The van der Waals surface area contributed by atoms with Gasteiger partial charge in [0.15, 0.2) is 5.72 Å². The van der Waals surface area contributed by atoms with E-state index >= 15 is 4.39 Å². The van der Waals surface area contributed by atoms with Crippen molar-refractivity contribution in [2.24, 2.45) is 5.92 Å². The van der Waals surface area contributed by atoms with E-state index in [1.54, 1.807) is 54.3 Å². The molecule has 1 aromatic heterocycles. The average Bonchev–Trinajstić information content (AvgIpc) is 3.69. The molecule has 11 heteroatoms. The Morgan fingerprint density at radius 1 is 1.11 bits per heavy atom. The van der Waals surface area contributed by atoms with E-state index in [1.807, 2.05) is 0 Å². The number of likely N-dealkylation sites (tertiary alicyclic amines) is 1. The molecule has 2 aliphatic heterocycles. The number of amides is 2. The lowest BCUT2D eigenvalue weighted by atomic mass is 9.76. The summed E-state index contributed by atoms with van der Waals surface area (Å²) < 4.78 is 23.2. The zero-order valence-electron chi connectivity index (χ0n) is 24.5. The first-order valence-corrected chi connectivity index (χ1v) is 15.5. The molecule has 3 heterocycles. The summed E-state index contributed by atoms with van der Waals surface area (Å²) in [5.41, 5.74) is -3.07. The van der Waals surface area contributed by atoms with Gasteiger partial charge in [-0.25, -0.2) is 4.39 Å². The van der Waals surface area contributed by atoms with Gasteiger partial charge in [-0.3, -0.25) is 19.5 Å². The molecule has 2 N–H and O–H groups in total. The molecule has 1 unspecified atom stereocenters. The Morgan fingerprint density at radius 3 is 2.36 bits per heavy atom. The van der Waals surface area contributed by atoms with Crippen molar-refractivity contribution < 1.29 is 28.9 Å². The number of benzene rings is 2. The summed E-state index contributed by atoms with van der Waals surface area (Å²) in [4.78, 5) is 33.8. The fraction of sp³-hybridized carbons (Fsp3) is 0.424. The van der Waals surface area contributed by atoms with Gasteiger partial charge in [0.1, 0.15) is 5.82 Å². The number of aliphatic hydroxyl groups is 2. The number of nitrogens with zero attached hydrogens (tertiary/aromatic N) is 3. The zero-order chi connectivity index (χ0) is 31.4. The van der Waals surface area contributed by atoms with Crippen LogP contribution in [0.1, 0.15) is 72.3 Å². The molecule has 8 nitrogen and oxygen atoms in total. The van der Waals surface area contributed by atoms with Crippen molar-refractivity contribution >= 4 is 35.0 Å². The number of aromatic nitrogens is 1. The lowest BCUT2D eigenvalue weighted by molar-refractivity contribution is -0.139. The number of halogens is 3. The van der Waals surface area contributed by atoms with Gasteiger partial charge in [0, 0.05) is 36.8 Å². The minimum atomic E-state index is -1.77. The quantitative estimate of drug-likeness (QED) is 0.342. The fourth-order valence-electron chi connectivity index (χ4n) is 6.41. The standard InChI is InChI=1S/C33H34Cl2FN3O5/c1-20(40)38-13-9-21(10-14-38)31(2,42)23-15-27-29(28(36)16-23)33(44-19-32(43)11-12-32,22-3-5-24(34)6-4-22)39(30(27)41)18-26-8-7-25(35)17-37-26/h3-8,15-17,21,42-43H,9-14,18-19H2,1-2H3/t31?,33-/m1/s1. The number of rotatable bonds is 8. The SMILES string of the molecule is CC(=O)N1CCC(C(C)(O)c2cc(F)c3c(c2)C(=O)N(Cc2ccc(Cl)cn2)[C@@]3(OCC2(O)CC2)c2ccc(Cl)cc2)CC1. The lowest BCUT2D eigenvalue weighted by Gasteiger charge is -2.41. The van der Waals surface area contributed by atoms with Gasteiger partial charge in [-0.05, 0) is 80.5 Å². The Bertz CT molecular complexity index is 1590. The molecule has 0 spiro atoms. The van der Waals surface area contributed by atoms with E-state index < -0.39 is 28.7 Å². The molecule has 1 saturated carbocycles. The molecule has 0 radical (unpaired) electrons. The molecule has 232 valence electrons. The second kappa shape index (κ2) is 11.4. The Morgan fingerprint density at radius 2 is 1.77 bits per heavy atom. The third-order valence-corrected chi connectivity index (χ3v) is 9.80. The van der Waals surface area contributed by atoms with Crippen LogP contribution in [0.4, 0.5) is 4.39 Å². The molecular weight excluding hydrogens is 608 g/mol. The van der Waals surface area contributed by atoms with E-state index in [-0.39, 0.29) is 41.7 Å². The first-order valence-electron chi connectivity index (χ1n) is 14.7. The van der Waals surface area contributed by atoms with Crippen molar-refractivity contribution in [3.8, 4) is 0 Å². The Balaban J connectivity index is 1.48. The van der Waals surface area contributed by atoms with Crippen LogP contribution in [0, 0.1) is 11.7 Å². The molecule has 3 aromatic rings. The highest BCUT2D eigenvalue weighted by atomic mass is 35.5. The van der Waals surface area contributed by atoms with E-state index in [2.05, 4.69) is 4.98 Å². The van der Waals surface area contributed by atoms with Gasteiger partial charge in [0.05, 0.1) is 46.2 Å². The monoisotopic (exact) mass is 641 g/mol. The van der Waals surface area contributed by atoms with Crippen molar-refractivity contribution in [1.29, 1.82) is 0 Å². The highest BCUT2D eigenvalue weighted by Crippen LogP contribution is 2.51. The van der Waals surface area contributed by atoms with E-state index in [1.165, 1.54) is 24.1 Å². The number of fused-ring (bicyclic) bond motifs is 1. The fourth-order valence-corrected chi connectivity index (χ4v) is 6.65. The van der Waals surface area contributed by atoms with Gasteiger partial charge in [0.25, 0.3) is 5.91 Å². The summed E-state index contributed by atoms with van der Waals surface area (Å²) in [7, 11) is 0. The summed E-state index contributed by atoms with van der Waals surface area (Å²) in [5, 5.41) is 23.5. The zero-order valence-corrected chi connectivity index (χ0v) is 26.0. The first kappa shape index (κ1) is 30.9. The van der Waals surface area contributed by atoms with Crippen molar-refractivity contribution in [2.75, 3.05) is 19.7 Å². The predicted molar refractivity (Wildman–Crippen MR) is 162 cm³/mol.